The molecule has 42 heavy (non-hydrogen) atoms. The van der Waals surface area contributed by atoms with E-state index < -0.39 is 72.3 Å². The number of carboxylic acids is 1. The van der Waals surface area contributed by atoms with Crippen LogP contribution < -0.4 is 27.0 Å². The predicted octanol–water partition coefficient (Wildman–Crippen LogP) is -1.74. The van der Waals surface area contributed by atoms with E-state index in [1.807, 2.05) is 30.3 Å². The largest absolute Gasteiger partial charge is 0.480 e. The van der Waals surface area contributed by atoms with Gasteiger partial charge in [0.05, 0.1) is 19.2 Å². The highest BCUT2D eigenvalue weighted by Crippen LogP contribution is 2.20. The minimum atomic E-state index is -1.56. The van der Waals surface area contributed by atoms with Crippen LogP contribution in [-0.2, 0) is 35.2 Å². The Hall–Kier alpha value is -4.04. The third-order valence-corrected chi connectivity index (χ3v) is 7.22. The lowest BCUT2D eigenvalue weighted by molar-refractivity contribution is -0.145. The molecule has 1 aromatic carbocycles. The van der Waals surface area contributed by atoms with Crippen LogP contribution in [0.25, 0.3) is 0 Å². The van der Waals surface area contributed by atoms with Crippen LogP contribution in [0.2, 0.25) is 0 Å². The second kappa shape index (κ2) is 16.4. The van der Waals surface area contributed by atoms with Gasteiger partial charge in [-0.25, -0.2) is 4.79 Å². The summed E-state index contributed by atoms with van der Waals surface area (Å²) in [4.78, 5) is 76.9. The normalized spacial score (nSPS) is 18.1. The zero-order valence-corrected chi connectivity index (χ0v) is 24.2. The fourth-order valence-electron chi connectivity index (χ4n) is 4.65. The molecule has 0 saturated carbocycles. The number of nitrogens with one attached hydrogen (secondary N) is 4. The van der Waals surface area contributed by atoms with Gasteiger partial charge in [-0.2, -0.15) is 0 Å². The van der Waals surface area contributed by atoms with Crippen LogP contribution in [0.15, 0.2) is 30.3 Å². The van der Waals surface area contributed by atoms with E-state index in [1.54, 1.807) is 13.8 Å². The maximum atomic E-state index is 13.5. The van der Waals surface area contributed by atoms with Crippen molar-refractivity contribution in [3.63, 3.8) is 0 Å². The number of carbonyl (C=O) groups excluding carboxylic acids is 5. The lowest BCUT2D eigenvalue weighted by atomic mass is 9.97. The molecule has 0 spiro atoms. The van der Waals surface area contributed by atoms with Crippen molar-refractivity contribution in [2.75, 3.05) is 19.6 Å². The van der Waals surface area contributed by atoms with Crippen LogP contribution in [0.1, 0.15) is 45.6 Å². The zero-order valence-electron chi connectivity index (χ0n) is 24.2. The van der Waals surface area contributed by atoms with Crippen LogP contribution in [0.5, 0.6) is 0 Å². The number of likely N-dealkylation sites (tertiary alicyclic amines) is 1. The van der Waals surface area contributed by atoms with Crippen molar-refractivity contribution in [2.45, 2.75) is 76.7 Å². The highest BCUT2D eigenvalue weighted by Gasteiger charge is 2.38. The first-order valence-electron chi connectivity index (χ1n) is 14.0. The summed E-state index contributed by atoms with van der Waals surface area (Å²) < 4.78 is 0. The van der Waals surface area contributed by atoms with Gasteiger partial charge in [0.2, 0.25) is 29.5 Å². The second-order valence-electron chi connectivity index (χ2n) is 10.4. The van der Waals surface area contributed by atoms with Gasteiger partial charge in [-0.1, -0.05) is 50.6 Å². The Balaban J connectivity index is 2.05. The highest BCUT2D eigenvalue weighted by molar-refractivity contribution is 5.95. The number of nitrogens with zero attached hydrogens (tertiary/aromatic N) is 1. The summed E-state index contributed by atoms with van der Waals surface area (Å²) >= 11 is 0. The molecule has 0 bridgehead atoms. The van der Waals surface area contributed by atoms with E-state index in [4.69, 9.17) is 5.73 Å². The standard InChI is InChI=1S/C28H42N6O8/c1-4-16(2)23(26(39)33-24(17(3)35)28(41)42)32-22(37)15-30-25(38)20-11-8-12-34(20)27(40)19(31-21(36)14-29)13-18-9-6-5-7-10-18/h5-7,9-10,16-17,19-20,23-24,35H,4,8,11-15,29H2,1-3H3,(H,30,38)(H,31,36)(H,32,37)(H,33,39)(H,41,42)/t16-,17+,19-,20-,23-,24-/m0/s1. The summed E-state index contributed by atoms with van der Waals surface area (Å²) in [6.45, 7) is 4.19. The first kappa shape index (κ1) is 34.2. The van der Waals surface area contributed by atoms with Gasteiger partial charge in [0.25, 0.3) is 0 Å². The number of carboxylic acid groups (broad SMARTS) is 1. The smallest absolute Gasteiger partial charge is 0.328 e. The molecular formula is C28H42N6O8. The fraction of sp³-hybridized carbons (Fsp3) is 0.571. The molecule has 5 amide bonds. The summed E-state index contributed by atoms with van der Waals surface area (Å²) in [5.41, 5.74) is 6.25. The number of rotatable bonds is 15. The number of carbonyl (C=O) groups is 6. The Morgan fingerprint density at radius 1 is 1.00 bits per heavy atom. The van der Waals surface area contributed by atoms with Crippen molar-refractivity contribution >= 4 is 35.5 Å². The Morgan fingerprint density at radius 3 is 2.24 bits per heavy atom. The Kier molecular flexibility index (Phi) is 13.4. The third-order valence-electron chi connectivity index (χ3n) is 7.22. The second-order valence-corrected chi connectivity index (χ2v) is 10.4. The molecule has 1 heterocycles. The quantitative estimate of drug-likeness (QED) is 0.123. The van der Waals surface area contributed by atoms with Crippen molar-refractivity contribution in [2.24, 2.45) is 11.7 Å². The van der Waals surface area contributed by atoms with Gasteiger partial charge in [0.15, 0.2) is 6.04 Å². The fourth-order valence-corrected chi connectivity index (χ4v) is 4.65. The van der Waals surface area contributed by atoms with E-state index in [0.717, 1.165) is 5.56 Å². The van der Waals surface area contributed by atoms with Gasteiger partial charge in [-0.15, -0.1) is 0 Å². The summed E-state index contributed by atoms with van der Waals surface area (Å²) in [7, 11) is 0. The topological polar surface area (TPSA) is 220 Å². The number of benzene rings is 1. The number of hydrogen-bond acceptors (Lipinski definition) is 8. The maximum absolute atomic E-state index is 13.5. The first-order chi connectivity index (χ1) is 19.9. The SMILES string of the molecule is CC[C@H](C)[C@H](NC(=O)CNC(=O)[C@@H]1CCCN1C(=O)[C@H](Cc1ccccc1)NC(=O)CN)C(=O)N[C@H](C(=O)O)[C@@H](C)O. The minimum absolute atomic E-state index is 0.204. The average molecular weight is 591 g/mol. The number of hydrogen-bond donors (Lipinski definition) is 7. The molecule has 14 nitrogen and oxygen atoms in total. The van der Waals surface area contributed by atoms with Crippen molar-refractivity contribution < 1.29 is 39.0 Å². The summed E-state index contributed by atoms with van der Waals surface area (Å²) in [5, 5.41) is 28.8. The Morgan fingerprint density at radius 2 is 1.67 bits per heavy atom. The summed E-state index contributed by atoms with van der Waals surface area (Å²) in [5.74, 6) is -4.81. The summed E-state index contributed by atoms with van der Waals surface area (Å²) in [6, 6.07) is 4.61. The molecule has 0 radical (unpaired) electrons. The monoisotopic (exact) mass is 590 g/mol. The van der Waals surface area contributed by atoms with Crippen LogP contribution in [0, 0.1) is 5.92 Å². The van der Waals surface area contributed by atoms with Crippen molar-refractivity contribution in [1.82, 2.24) is 26.2 Å². The molecule has 1 saturated heterocycles. The number of nitrogens with two attached hydrogens (primary N) is 1. The molecule has 0 unspecified atom stereocenters. The molecule has 1 aliphatic heterocycles. The van der Waals surface area contributed by atoms with Gasteiger partial charge in [0.1, 0.15) is 18.1 Å². The van der Waals surface area contributed by atoms with Gasteiger partial charge in [-0.05, 0) is 31.2 Å². The van der Waals surface area contributed by atoms with Crippen molar-refractivity contribution in [3.8, 4) is 0 Å². The molecule has 232 valence electrons. The van der Waals surface area contributed by atoms with Crippen LogP contribution in [0.3, 0.4) is 0 Å². The molecule has 6 atom stereocenters. The van der Waals surface area contributed by atoms with Crippen molar-refractivity contribution in [3.05, 3.63) is 35.9 Å². The van der Waals surface area contributed by atoms with E-state index in [2.05, 4.69) is 21.3 Å². The predicted molar refractivity (Wildman–Crippen MR) is 152 cm³/mol. The molecule has 0 aliphatic carbocycles. The van der Waals surface area contributed by atoms with Crippen LogP contribution >= 0.6 is 0 Å². The zero-order chi connectivity index (χ0) is 31.4. The number of aliphatic hydroxyl groups is 1. The van der Waals surface area contributed by atoms with E-state index in [1.165, 1.54) is 11.8 Å². The average Bonchev–Trinajstić information content (AvgIpc) is 3.46. The molecule has 14 heteroatoms. The number of aliphatic hydroxyl groups excluding tert-OH is 1. The molecular weight excluding hydrogens is 548 g/mol. The van der Waals surface area contributed by atoms with E-state index in [9.17, 15) is 39.0 Å². The molecule has 0 aromatic heterocycles. The third kappa shape index (κ3) is 9.80. The minimum Gasteiger partial charge on any atom is -0.480 e. The van der Waals surface area contributed by atoms with E-state index >= 15 is 0 Å². The van der Waals surface area contributed by atoms with E-state index in [-0.39, 0.29) is 25.4 Å². The maximum Gasteiger partial charge on any atom is 0.328 e. The lowest BCUT2D eigenvalue weighted by Crippen LogP contribution is -2.58. The molecule has 8 N–H and O–H groups in total. The van der Waals surface area contributed by atoms with Gasteiger partial charge >= 0.3 is 5.97 Å². The van der Waals surface area contributed by atoms with Gasteiger partial charge < -0.3 is 42.1 Å². The van der Waals surface area contributed by atoms with Crippen molar-refractivity contribution in [1.29, 1.82) is 0 Å². The summed E-state index contributed by atoms with van der Waals surface area (Å²) in [6.07, 6.45) is 0.211. The van der Waals surface area contributed by atoms with Crippen LogP contribution in [-0.4, -0.2) is 101 Å². The van der Waals surface area contributed by atoms with Crippen LogP contribution in [0.4, 0.5) is 0 Å². The lowest BCUT2D eigenvalue weighted by Gasteiger charge is -2.29. The Labute approximate surface area is 244 Å². The van der Waals surface area contributed by atoms with Gasteiger partial charge in [-0.3, -0.25) is 24.0 Å². The first-order valence-corrected chi connectivity index (χ1v) is 14.0. The Bertz CT molecular complexity index is 1110. The molecule has 1 aliphatic rings. The van der Waals surface area contributed by atoms with Gasteiger partial charge in [0, 0.05) is 13.0 Å². The molecule has 1 aromatic rings. The number of amides is 5. The van der Waals surface area contributed by atoms with E-state index in [0.29, 0.717) is 19.3 Å². The number of aliphatic carboxylic acids is 1. The molecule has 1 fully saturated rings. The highest BCUT2D eigenvalue weighted by atomic mass is 16.4. The molecule has 2 rings (SSSR count).